The van der Waals surface area contributed by atoms with Crippen molar-refractivity contribution < 1.29 is 14.3 Å². The zero-order valence-electron chi connectivity index (χ0n) is 10.5. The van der Waals surface area contributed by atoms with Gasteiger partial charge in [0.15, 0.2) is 0 Å². The third kappa shape index (κ3) is 3.20. The smallest absolute Gasteiger partial charge is 0.343 e. The molecule has 18 heavy (non-hydrogen) atoms. The van der Waals surface area contributed by atoms with E-state index in [9.17, 15) is 4.79 Å². The highest BCUT2D eigenvalue weighted by Crippen LogP contribution is 2.16. The third-order valence-corrected chi connectivity index (χ3v) is 2.85. The van der Waals surface area contributed by atoms with Gasteiger partial charge in [-0.2, -0.15) is 0 Å². The fourth-order valence-corrected chi connectivity index (χ4v) is 1.95. The van der Waals surface area contributed by atoms with Crippen LogP contribution in [0.2, 0.25) is 0 Å². The number of carbonyl (C=O) groups is 1. The number of ether oxygens (including phenoxy) is 2. The van der Waals surface area contributed by atoms with Crippen molar-refractivity contribution in [1.29, 1.82) is 0 Å². The minimum atomic E-state index is -0.389. The van der Waals surface area contributed by atoms with Crippen LogP contribution in [0.4, 0.5) is 0 Å². The first kappa shape index (κ1) is 12.8. The summed E-state index contributed by atoms with van der Waals surface area (Å²) < 4.78 is 10.6. The summed E-state index contributed by atoms with van der Waals surface area (Å²) in [6.07, 6.45) is 3.88. The average Bonchev–Trinajstić information content (AvgIpc) is 2.90. The molecule has 1 aliphatic rings. The number of pyridine rings is 1. The van der Waals surface area contributed by atoms with Gasteiger partial charge < -0.3 is 14.8 Å². The number of carbonyl (C=O) groups excluding carboxylic acids is 1. The lowest BCUT2D eigenvalue weighted by atomic mass is 10.2. The molecule has 0 aromatic carbocycles. The van der Waals surface area contributed by atoms with E-state index in [1.165, 1.54) is 6.42 Å². The first-order chi connectivity index (χ1) is 8.81. The molecule has 98 valence electrons. The van der Waals surface area contributed by atoms with Crippen molar-refractivity contribution in [2.75, 3.05) is 19.8 Å². The van der Waals surface area contributed by atoms with Crippen LogP contribution in [0.5, 0.6) is 5.88 Å². The van der Waals surface area contributed by atoms with Gasteiger partial charge in [0.2, 0.25) is 5.88 Å². The number of nitrogens with zero attached hydrogens (tertiary/aromatic N) is 1. The minimum absolute atomic E-state index is 0.345. The molecule has 1 saturated heterocycles. The van der Waals surface area contributed by atoms with Gasteiger partial charge in [-0.1, -0.05) is 0 Å². The Morgan fingerprint density at radius 3 is 3.22 bits per heavy atom. The fraction of sp³-hybridized carbons (Fsp3) is 0.538. The Bertz CT molecular complexity index is 403. The summed E-state index contributed by atoms with van der Waals surface area (Å²) in [4.78, 5) is 15.8. The highest BCUT2D eigenvalue weighted by molar-refractivity contribution is 5.91. The number of nitrogens with one attached hydrogen (secondary N) is 1. The molecule has 5 heteroatoms. The summed E-state index contributed by atoms with van der Waals surface area (Å²) in [5.74, 6) is -0.0374. The first-order valence-corrected chi connectivity index (χ1v) is 6.29. The zero-order valence-corrected chi connectivity index (χ0v) is 10.5. The van der Waals surface area contributed by atoms with Gasteiger partial charge in [0.1, 0.15) is 12.2 Å². The fourth-order valence-electron chi connectivity index (χ4n) is 1.95. The van der Waals surface area contributed by atoms with Gasteiger partial charge >= 0.3 is 5.97 Å². The molecule has 2 rings (SSSR count). The monoisotopic (exact) mass is 250 g/mol. The van der Waals surface area contributed by atoms with Crippen LogP contribution < -0.4 is 10.1 Å². The molecule has 0 aliphatic carbocycles. The predicted molar refractivity (Wildman–Crippen MR) is 66.7 cm³/mol. The summed E-state index contributed by atoms with van der Waals surface area (Å²) in [5, 5.41) is 3.33. The van der Waals surface area contributed by atoms with Gasteiger partial charge in [-0.25, -0.2) is 9.78 Å². The van der Waals surface area contributed by atoms with Gasteiger partial charge in [-0.15, -0.1) is 0 Å². The Hall–Kier alpha value is -1.62. The van der Waals surface area contributed by atoms with E-state index in [0.29, 0.717) is 30.7 Å². The Morgan fingerprint density at radius 2 is 2.50 bits per heavy atom. The molecule has 0 spiro atoms. The lowest BCUT2D eigenvalue weighted by Crippen LogP contribution is -2.28. The van der Waals surface area contributed by atoms with E-state index in [0.717, 1.165) is 13.0 Å². The van der Waals surface area contributed by atoms with E-state index in [4.69, 9.17) is 9.47 Å². The van der Waals surface area contributed by atoms with Gasteiger partial charge in [-0.05, 0) is 38.4 Å². The Morgan fingerprint density at radius 1 is 1.61 bits per heavy atom. The number of esters is 1. The van der Waals surface area contributed by atoms with E-state index >= 15 is 0 Å². The van der Waals surface area contributed by atoms with Gasteiger partial charge in [0.05, 0.1) is 6.61 Å². The number of aromatic nitrogens is 1. The van der Waals surface area contributed by atoms with Gasteiger partial charge in [-0.3, -0.25) is 0 Å². The van der Waals surface area contributed by atoms with Crippen LogP contribution >= 0.6 is 0 Å². The molecule has 2 heterocycles. The second-order valence-corrected chi connectivity index (χ2v) is 4.18. The van der Waals surface area contributed by atoms with Crippen LogP contribution in [0.1, 0.15) is 30.1 Å². The van der Waals surface area contributed by atoms with Crippen molar-refractivity contribution in [1.82, 2.24) is 10.3 Å². The quantitative estimate of drug-likeness (QED) is 0.800. The summed E-state index contributed by atoms with van der Waals surface area (Å²) in [6, 6.07) is 3.72. The zero-order chi connectivity index (χ0) is 12.8. The molecule has 5 nitrogen and oxygen atoms in total. The highest BCUT2D eigenvalue weighted by Gasteiger charge is 2.18. The summed E-state index contributed by atoms with van der Waals surface area (Å²) in [6.45, 7) is 3.68. The molecule has 1 fully saturated rings. The predicted octanol–water partition coefficient (Wildman–Crippen LogP) is 1.39. The molecule has 0 saturated carbocycles. The maximum atomic E-state index is 11.7. The molecule has 0 bridgehead atoms. The number of hydrogen-bond donors (Lipinski definition) is 1. The molecule has 1 aromatic heterocycles. The highest BCUT2D eigenvalue weighted by atomic mass is 16.5. The Kier molecular flexibility index (Phi) is 4.52. The summed E-state index contributed by atoms with van der Waals surface area (Å²) in [7, 11) is 0. The summed E-state index contributed by atoms with van der Waals surface area (Å²) >= 11 is 0. The van der Waals surface area contributed by atoms with Crippen LogP contribution in [0.3, 0.4) is 0 Å². The van der Waals surface area contributed by atoms with Crippen LogP contribution in [-0.4, -0.2) is 36.8 Å². The molecule has 0 amide bonds. The van der Waals surface area contributed by atoms with Gasteiger partial charge in [0.25, 0.3) is 0 Å². The number of rotatable bonds is 5. The van der Waals surface area contributed by atoms with Crippen LogP contribution in [0, 0.1) is 0 Å². The molecule has 1 unspecified atom stereocenters. The van der Waals surface area contributed by atoms with Crippen LogP contribution in [0.15, 0.2) is 18.3 Å². The van der Waals surface area contributed by atoms with E-state index < -0.39 is 0 Å². The summed E-state index contributed by atoms with van der Waals surface area (Å²) in [5.41, 5.74) is 0.386. The third-order valence-electron chi connectivity index (χ3n) is 2.85. The second-order valence-electron chi connectivity index (χ2n) is 4.18. The SMILES string of the molecule is CCOC(=O)c1cccnc1OCC1CCCN1. The average molecular weight is 250 g/mol. The van der Waals surface area contributed by atoms with E-state index in [2.05, 4.69) is 10.3 Å². The minimum Gasteiger partial charge on any atom is -0.475 e. The molecule has 1 aliphatic heterocycles. The molecule has 1 aromatic rings. The van der Waals surface area contributed by atoms with Crippen molar-refractivity contribution in [3.05, 3.63) is 23.9 Å². The van der Waals surface area contributed by atoms with Crippen molar-refractivity contribution in [2.45, 2.75) is 25.8 Å². The second kappa shape index (κ2) is 6.35. The normalized spacial score (nSPS) is 18.6. The van der Waals surface area contributed by atoms with Crippen molar-refractivity contribution in [2.24, 2.45) is 0 Å². The lowest BCUT2D eigenvalue weighted by Gasteiger charge is -2.13. The Balaban J connectivity index is 2.00. The molecular formula is C13H18N2O3. The van der Waals surface area contributed by atoms with Crippen LogP contribution in [-0.2, 0) is 4.74 Å². The van der Waals surface area contributed by atoms with E-state index in [1.807, 2.05) is 0 Å². The van der Waals surface area contributed by atoms with Crippen molar-refractivity contribution in [3.63, 3.8) is 0 Å². The maximum absolute atomic E-state index is 11.7. The number of hydrogen-bond acceptors (Lipinski definition) is 5. The topological polar surface area (TPSA) is 60.5 Å². The molecule has 1 N–H and O–H groups in total. The standard InChI is InChI=1S/C13H18N2O3/c1-2-17-13(16)11-6-4-8-15-12(11)18-9-10-5-3-7-14-10/h4,6,8,10,14H,2-3,5,7,9H2,1H3. The lowest BCUT2D eigenvalue weighted by molar-refractivity contribution is 0.0520. The molecule has 1 atom stereocenters. The largest absolute Gasteiger partial charge is 0.475 e. The van der Waals surface area contributed by atoms with Gasteiger partial charge in [0, 0.05) is 12.2 Å². The van der Waals surface area contributed by atoms with E-state index in [1.54, 1.807) is 25.3 Å². The first-order valence-electron chi connectivity index (χ1n) is 6.29. The van der Waals surface area contributed by atoms with Crippen LogP contribution in [0.25, 0.3) is 0 Å². The Labute approximate surface area is 107 Å². The van der Waals surface area contributed by atoms with Crippen molar-refractivity contribution in [3.8, 4) is 5.88 Å². The molecular weight excluding hydrogens is 232 g/mol. The molecule has 0 radical (unpaired) electrons. The maximum Gasteiger partial charge on any atom is 0.343 e. The van der Waals surface area contributed by atoms with E-state index in [-0.39, 0.29) is 5.97 Å². The van der Waals surface area contributed by atoms with Crippen molar-refractivity contribution >= 4 is 5.97 Å².